The van der Waals surface area contributed by atoms with E-state index < -0.39 is 27.5 Å². The van der Waals surface area contributed by atoms with Crippen LogP contribution in [0.2, 0.25) is 0 Å². The summed E-state index contributed by atoms with van der Waals surface area (Å²) in [6.07, 6.45) is -4.56. The number of carbonyl (C=O) groups excluding carboxylic acids is 1. The first-order valence-corrected chi connectivity index (χ1v) is 11.0. The molecule has 0 spiro atoms. The number of piperazine rings is 1. The number of amides is 1. The van der Waals surface area contributed by atoms with Gasteiger partial charge in [-0.05, 0) is 36.4 Å². The minimum absolute atomic E-state index is 0.0177. The number of oxazole rings is 1. The van der Waals surface area contributed by atoms with Crippen LogP contribution in [0.4, 0.5) is 13.2 Å². The van der Waals surface area contributed by atoms with Crippen molar-refractivity contribution in [3.05, 3.63) is 64.6 Å². The summed E-state index contributed by atoms with van der Waals surface area (Å²) in [5.41, 5.74) is -0.0963. The lowest BCUT2D eigenvalue weighted by Crippen LogP contribution is -2.51. The molecule has 0 radical (unpaired) electrons. The molecule has 2 aromatic carbocycles. The summed E-state index contributed by atoms with van der Waals surface area (Å²) < 4.78 is 71.1. The van der Waals surface area contributed by atoms with Crippen molar-refractivity contribution >= 4 is 27.0 Å². The SMILES string of the molecule is O=C(Cn1c(=O)oc2ccccc21)N1CCN(S(=O)(=O)c2ccc(C(F)(F)F)cc2)CC1. The Kier molecular flexibility index (Phi) is 5.59. The predicted molar refractivity (Wildman–Crippen MR) is 107 cm³/mol. The molecule has 32 heavy (non-hydrogen) atoms. The highest BCUT2D eigenvalue weighted by Gasteiger charge is 2.33. The molecular formula is C20H18F3N3O5S. The van der Waals surface area contributed by atoms with E-state index in [1.165, 1.54) is 9.47 Å². The summed E-state index contributed by atoms with van der Waals surface area (Å²) in [6.45, 7) is -0.111. The maximum absolute atomic E-state index is 12.8. The van der Waals surface area contributed by atoms with Gasteiger partial charge in [-0.25, -0.2) is 13.2 Å². The summed E-state index contributed by atoms with van der Waals surface area (Å²) in [5.74, 6) is -1.03. The highest BCUT2D eigenvalue weighted by atomic mass is 32.2. The lowest BCUT2D eigenvalue weighted by molar-refractivity contribution is -0.137. The van der Waals surface area contributed by atoms with E-state index in [0.29, 0.717) is 11.1 Å². The molecule has 4 rings (SSSR count). The first-order valence-electron chi connectivity index (χ1n) is 9.61. The van der Waals surface area contributed by atoms with Gasteiger partial charge in [0.2, 0.25) is 15.9 Å². The fourth-order valence-electron chi connectivity index (χ4n) is 3.54. The molecule has 0 bridgehead atoms. The number of aromatic nitrogens is 1. The minimum Gasteiger partial charge on any atom is -0.408 e. The maximum Gasteiger partial charge on any atom is 0.420 e. The molecule has 1 amide bonds. The second kappa shape index (κ2) is 8.10. The van der Waals surface area contributed by atoms with E-state index in [1.807, 2.05) is 0 Å². The Hall–Kier alpha value is -3.12. The second-order valence-electron chi connectivity index (χ2n) is 7.23. The Morgan fingerprint density at radius 2 is 1.59 bits per heavy atom. The quantitative estimate of drug-likeness (QED) is 0.584. The van der Waals surface area contributed by atoms with Gasteiger partial charge in [-0.2, -0.15) is 17.5 Å². The average Bonchev–Trinajstić information content (AvgIpc) is 3.08. The summed E-state index contributed by atoms with van der Waals surface area (Å²) in [5, 5.41) is 0. The number of fused-ring (bicyclic) bond motifs is 1. The highest BCUT2D eigenvalue weighted by Crippen LogP contribution is 2.30. The molecule has 1 aliphatic heterocycles. The average molecular weight is 469 g/mol. The molecule has 3 aromatic rings. The number of alkyl halides is 3. The zero-order valence-electron chi connectivity index (χ0n) is 16.6. The van der Waals surface area contributed by atoms with E-state index in [-0.39, 0.29) is 43.5 Å². The van der Waals surface area contributed by atoms with Crippen molar-refractivity contribution in [3.63, 3.8) is 0 Å². The van der Waals surface area contributed by atoms with E-state index in [1.54, 1.807) is 24.3 Å². The third-order valence-corrected chi connectivity index (χ3v) is 7.19. The second-order valence-corrected chi connectivity index (χ2v) is 9.17. The molecule has 2 heterocycles. The Labute approximate surface area is 180 Å². The van der Waals surface area contributed by atoms with Gasteiger partial charge in [0.25, 0.3) is 0 Å². The normalized spacial score (nSPS) is 15.9. The van der Waals surface area contributed by atoms with Gasteiger partial charge in [-0.1, -0.05) is 12.1 Å². The summed E-state index contributed by atoms with van der Waals surface area (Å²) in [7, 11) is -4.00. The first kappa shape index (κ1) is 22.1. The van der Waals surface area contributed by atoms with Gasteiger partial charge < -0.3 is 9.32 Å². The van der Waals surface area contributed by atoms with Crippen LogP contribution in [0.25, 0.3) is 11.1 Å². The third kappa shape index (κ3) is 4.15. The molecule has 0 atom stereocenters. The number of benzene rings is 2. The Balaban J connectivity index is 1.42. The van der Waals surface area contributed by atoms with Crippen LogP contribution in [-0.2, 0) is 27.5 Å². The standard InChI is InChI=1S/C20H18F3N3O5S/c21-20(22,23)14-5-7-15(8-6-14)32(29,30)25-11-9-24(10-12-25)18(27)13-26-16-3-1-2-4-17(16)31-19(26)28/h1-8H,9-13H2. The molecule has 0 saturated carbocycles. The van der Waals surface area contributed by atoms with Crippen LogP contribution in [0, 0.1) is 0 Å². The van der Waals surface area contributed by atoms with Crippen LogP contribution < -0.4 is 5.76 Å². The highest BCUT2D eigenvalue weighted by molar-refractivity contribution is 7.89. The van der Waals surface area contributed by atoms with E-state index in [2.05, 4.69) is 0 Å². The zero-order valence-corrected chi connectivity index (χ0v) is 17.4. The van der Waals surface area contributed by atoms with Crippen molar-refractivity contribution in [2.45, 2.75) is 17.6 Å². The van der Waals surface area contributed by atoms with Gasteiger partial charge in [-0.3, -0.25) is 9.36 Å². The molecule has 1 fully saturated rings. The lowest BCUT2D eigenvalue weighted by Gasteiger charge is -2.34. The number of hydrogen-bond acceptors (Lipinski definition) is 5. The lowest BCUT2D eigenvalue weighted by atomic mass is 10.2. The zero-order chi connectivity index (χ0) is 23.1. The summed E-state index contributed by atoms with van der Waals surface area (Å²) >= 11 is 0. The minimum atomic E-state index is -4.56. The van der Waals surface area contributed by atoms with E-state index in [0.717, 1.165) is 28.6 Å². The van der Waals surface area contributed by atoms with Crippen LogP contribution in [-0.4, -0.2) is 54.3 Å². The van der Waals surface area contributed by atoms with Crippen molar-refractivity contribution in [1.29, 1.82) is 0 Å². The molecule has 8 nitrogen and oxygen atoms in total. The number of carbonyl (C=O) groups is 1. The summed E-state index contributed by atoms with van der Waals surface area (Å²) in [4.78, 5) is 25.9. The number of nitrogens with zero attached hydrogens (tertiary/aromatic N) is 3. The molecule has 1 aliphatic rings. The molecule has 170 valence electrons. The fourth-order valence-corrected chi connectivity index (χ4v) is 4.96. The van der Waals surface area contributed by atoms with Gasteiger partial charge >= 0.3 is 11.9 Å². The molecular weight excluding hydrogens is 451 g/mol. The monoisotopic (exact) mass is 469 g/mol. The molecule has 1 aromatic heterocycles. The molecule has 1 saturated heterocycles. The maximum atomic E-state index is 12.8. The van der Waals surface area contributed by atoms with Crippen LogP contribution in [0.1, 0.15) is 5.56 Å². The van der Waals surface area contributed by atoms with Gasteiger partial charge in [-0.15, -0.1) is 0 Å². The van der Waals surface area contributed by atoms with Crippen LogP contribution in [0.3, 0.4) is 0 Å². The van der Waals surface area contributed by atoms with Crippen molar-refractivity contribution in [2.24, 2.45) is 0 Å². The Morgan fingerprint density at radius 1 is 0.969 bits per heavy atom. The number of rotatable bonds is 4. The Bertz CT molecular complexity index is 1300. The number of para-hydroxylation sites is 2. The molecule has 0 unspecified atom stereocenters. The van der Waals surface area contributed by atoms with Crippen molar-refractivity contribution in [1.82, 2.24) is 13.8 Å². The number of halogens is 3. The van der Waals surface area contributed by atoms with Gasteiger partial charge in [0.15, 0.2) is 5.58 Å². The van der Waals surface area contributed by atoms with Crippen LogP contribution >= 0.6 is 0 Å². The van der Waals surface area contributed by atoms with Crippen LogP contribution in [0.15, 0.2) is 62.6 Å². The van der Waals surface area contributed by atoms with Gasteiger partial charge in [0.05, 0.1) is 16.0 Å². The van der Waals surface area contributed by atoms with Gasteiger partial charge in [0, 0.05) is 26.2 Å². The third-order valence-electron chi connectivity index (χ3n) is 5.28. The van der Waals surface area contributed by atoms with Crippen molar-refractivity contribution in [2.75, 3.05) is 26.2 Å². The predicted octanol–water partition coefficient (Wildman–Crippen LogP) is 2.15. The number of hydrogen-bond donors (Lipinski definition) is 0. The topological polar surface area (TPSA) is 92.8 Å². The van der Waals surface area contributed by atoms with Gasteiger partial charge in [0.1, 0.15) is 6.54 Å². The fraction of sp³-hybridized carbons (Fsp3) is 0.300. The number of sulfonamides is 1. The van der Waals surface area contributed by atoms with E-state index in [4.69, 9.17) is 4.42 Å². The molecule has 0 aliphatic carbocycles. The smallest absolute Gasteiger partial charge is 0.408 e. The largest absolute Gasteiger partial charge is 0.420 e. The van der Waals surface area contributed by atoms with E-state index >= 15 is 0 Å². The van der Waals surface area contributed by atoms with Crippen molar-refractivity contribution in [3.8, 4) is 0 Å². The van der Waals surface area contributed by atoms with Crippen LogP contribution in [0.5, 0.6) is 0 Å². The van der Waals surface area contributed by atoms with E-state index in [9.17, 15) is 31.2 Å². The molecule has 0 N–H and O–H groups in total. The van der Waals surface area contributed by atoms with Crippen molar-refractivity contribution < 1.29 is 30.8 Å². The Morgan fingerprint density at radius 3 is 2.22 bits per heavy atom. The summed E-state index contributed by atoms with van der Waals surface area (Å²) in [6, 6.07) is 9.97. The first-order chi connectivity index (χ1) is 15.1. The molecule has 12 heteroatoms.